The molecular weight excluding hydrogens is 369 g/mol. The fraction of sp³-hybridized carbons (Fsp3) is 0.625. The molecule has 1 aromatic rings. The zero-order valence-corrected chi connectivity index (χ0v) is 16.5. The molecule has 1 atom stereocenters. The number of hydrogen-bond acceptors (Lipinski definition) is 6. The first-order valence-electron chi connectivity index (χ1n) is 7.97. The van der Waals surface area contributed by atoms with E-state index in [0.717, 1.165) is 39.0 Å². The fourth-order valence-corrected chi connectivity index (χ4v) is 3.11. The molecule has 1 heterocycles. The highest BCUT2D eigenvalue weighted by Gasteiger charge is 2.29. The van der Waals surface area contributed by atoms with Crippen LogP contribution in [-0.2, 0) is 0 Å². The monoisotopic (exact) mass is 395 g/mol. The Bertz CT molecular complexity index is 554. The van der Waals surface area contributed by atoms with Crippen LogP contribution in [0.25, 0.3) is 0 Å². The molecular formula is C16H27Cl2N3O4. The van der Waals surface area contributed by atoms with Crippen molar-refractivity contribution in [1.82, 2.24) is 10.2 Å². The van der Waals surface area contributed by atoms with Crippen molar-refractivity contribution in [3.05, 3.63) is 27.8 Å². The van der Waals surface area contributed by atoms with Crippen LogP contribution in [0.5, 0.6) is 11.5 Å². The summed E-state index contributed by atoms with van der Waals surface area (Å²) in [5.41, 5.74) is 0.802. The van der Waals surface area contributed by atoms with Crippen molar-refractivity contribution in [3.63, 3.8) is 0 Å². The summed E-state index contributed by atoms with van der Waals surface area (Å²) in [5, 5.41) is 14.9. The van der Waals surface area contributed by atoms with E-state index < -0.39 is 0 Å². The van der Waals surface area contributed by atoms with E-state index in [1.807, 2.05) is 0 Å². The first kappa shape index (κ1) is 23.7. The minimum absolute atomic E-state index is 0. The molecule has 1 aromatic carbocycles. The van der Waals surface area contributed by atoms with Crippen LogP contribution in [0, 0.1) is 10.1 Å². The number of benzene rings is 1. The average Bonchev–Trinajstić information content (AvgIpc) is 2.59. The Morgan fingerprint density at radius 1 is 1.20 bits per heavy atom. The molecule has 0 spiro atoms. The fourth-order valence-electron chi connectivity index (χ4n) is 3.11. The third kappa shape index (κ3) is 5.60. The molecule has 1 aliphatic heterocycles. The molecule has 7 nitrogen and oxygen atoms in total. The quantitative estimate of drug-likeness (QED) is 0.564. The van der Waals surface area contributed by atoms with Gasteiger partial charge in [0.1, 0.15) is 0 Å². The highest BCUT2D eigenvalue weighted by atomic mass is 35.5. The number of hydrogen-bond donors (Lipinski definition) is 1. The highest BCUT2D eigenvalue weighted by Crippen LogP contribution is 2.40. The first-order valence-corrected chi connectivity index (χ1v) is 7.97. The number of ether oxygens (including phenoxy) is 2. The lowest BCUT2D eigenvalue weighted by atomic mass is 9.97. The van der Waals surface area contributed by atoms with Gasteiger partial charge < -0.3 is 14.8 Å². The van der Waals surface area contributed by atoms with E-state index in [-0.39, 0.29) is 41.5 Å². The van der Waals surface area contributed by atoms with Gasteiger partial charge in [-0.25, -0.2) is 0 Å². The normalized spacial score (nSPS) is 15.5. The van der Waals surface area contributed by atoms with Gasteiger partial charge in [-0.3, -0.25) is 15.0 Å². The number of halogens is 2. The summed E-state index contributed by atoms with van der Waals surface area (Å²) >= 11 is 0. The second kappa shape index (κ2) is 11.4. The second-order valence-electron chi connectivity index (χ2n) is 5.61. The molecule has 0 aromatic heterocycles. The topological polar surface area (TPSA) is 76.9 Å². The maximum Gasteiger partial charge on any atom is 0.278 e. The number of nitrogens with zero attached hydrogens (tertiary/aromatic N) is 2. The summed E-state index contributed by atoms with van der Waals surface area (Å²) in [4.78, 5) is 13.5. The number of nitrogens with one attached hydrogen (secondary N) is 1. The Morgan fingerprint density at radius 2 is 1.76 bits per heavy atom. The molecule has 0 bridgehead atoms. The molecule has 0 unspecified atom stereocenters. The van der Waals surface area contributed by atoms with E-state index in [0.29, 0.717) is 17.1 Å². The lowest BCUT2D eigenvalue weighted by Crippen LogP contribution is -2.45. The summed E-state index contributed by atoms with van der Waals surface area (Å²) < 4.78 is 10.6. The number of nitro groups is 1. The van der Waals surface area contributed by atoms with Crippen molar-refractivity contribution >= 4 is 30.5 Å². The highest BCUT2D eigenvalue weighted by molar-refractivity contribution is 5.85. The number of nitro benzene ring substituents is 1. The Hall–Kier alpha value is -1.28. The predicted molar refractivity (Wildman–Crippen MR) is 103 cm³/mol. The van der Waals surface area contributed by atoms with Crippen LogP contribution in [0.4, 0.5) is 5.69 Å². The van der Waals surface area contributed by atoms with Gasteiger partial charge in [-0.15, -0.1) is 24.8 Å². The zero-order valence-electron chi connectivity index (χ0n) is 14.8. The zero-order chi connectivity index (χ0) is 16.8. The molecule has 0 amide bonds. The van der Waals surface area contributed by atoms with Gasteiger partial charge in [0.05, 0.1) is 30.8 Å². The van der Waals surface area contributed by atoms with Crippen molar-refractivity contribution in [1.29, 1.82) is 0 Å². The average molecular weight is 396 g/mol. The van der Waals surface area contributed by atoms with E-state index >= 15 is 0 Å². The molecule has 0 radical (unpaired) electrons. The van der Waals surface area contributed by atoms with E-state index in [9.17, 15) is 10.1 Å². The van der Waals surface area contributed by atoms with E-state index in [1.54, 1.807) is 13.2 Å². The van der Waals surface area contributed by atoms with Crippen LogP contribution in [0.2, 0.25) is 0 Å². The van der Waals surface area contributed by atoms with Crippen molar-refractivity contribution in [2.45, 2.75) is 25.8 Å². The van der Waals surface area contributed by atoms with Crippen LogP contribution >= 0.6 is 24.8 Å². The maximum atomic E-state index is 11.6. The van der Waals surface area contributed by atoms with Gasteiger partial charge in [0.25, 0.3) is 5.69 Å². The van der Waals surface area contributed by atoms with Gasteiger partial charge in [0.2, 0.25) is 0 Å². The van der Waals surface area contributed by atoms with E-state index in [4.69, 9.17) is 9.47 Å². The van der Waals surface area contributed by atoms with Crippen molar-refractivity contribution < 1.29 is 14.4 Å². The maximum absolute atomic E-state index is 11.6. The lowest BCUT2D eigenvalue weighted by Gasteiger charge is -2.35. The largest absolute Gasteiger partial charge is 0.493 e. The minimum atomic E-state index is -0.331. The summed E-state index contributed by atoms with van der Waals surface area (Å²) in [5.74, 6) is 0.919. The lowest BCUT2D eigenvalue weighted by molar-refractivity contribution is -0.386. The standard InChI is InChI=1S/C16H25N3O4.2ClH/c1-4-5-13(18-8-6-17-7-9-18)12-10-15(22-2)16(23-3)11-14(12)19(20)21;;/h10-11,13,17H,4-9H2,1-3H3;2*1H/t13-;;/m1../s1. The summed E-state index contributed by atoms with van der Waals surface area (Å²) in [7, 11) is 3.04. The smallest absolute Gasteiger partial charge is 0.278 e. The summed E-state index contributed by atoms with van der Waals surface area (Å²) in [6, 6.07) is 3.25. The Morgan fingerprint density at radius 3 is 2.24 bits per heavy atom. The third-order valence-electron chi connectivity index (χ3n) is 4.24. The van der Waals surface area contributed by atoms with Crippen molar-refractivity contribution in [2.75, 3.05) is 40.4 Å². The van der Waals surface area contributed by atoms with Crippen LogP contribution < -0.4 is 14.8 Å². The molecule has 1 aliphatic rings. The molecule has 25 heavy (non-hydrogen) atoms. The summed E-state index contributed by atoms with van der Waals surface area (Å²) in [6.07, 6.45) is 1.83. The predicted octanol–water partition coefficient (Wildman–Crippen LogP) is 3.20. The molecule has 0 aliphatic carbocycles. The number of piperazine rings is 1. The minimum Gasteiger partial charge on any atom is -0.493 e. The van der Waals surface area contributed by atoms with Crippen LogP contribution in [0.15, 0.2) is 12.1 Å². The van der Waals surface area contributed by atoms with Crippen molar-refractivity contribution in [3.8, 4) is 11.5 Å². The van der Waals surface area contributed by atoms with Crippen LogP contribution in [-0.4, -0.2) is 50.2 Å². The third-order valence-corrected chi connectivity index (χ3v) is 4.24. The molecule has 1 fully saturated rings. The van der Waals surface area contributed by atoms with Crippen molar-refractivity contribution in [2.24, 2.45) is 0 Å². The van der Waals surface area contributed by atoms with Gasteiger partial charge in [0, 0.05) is 32.2 Å². The van der Waals surface area contributed by atoms with E-state index in [2.05, 4.69) is 17.1 Å². The Balaban J connectivity index is 0.00000288. The SMILES string of the molecule is CCC[C@H](c1cc(OC)c(OC)cc1[N+](=O)[O-])N1CCNCC1.Cl.Cl. The molecule has 9 heteroatoms. The molecule has 144 valence electrons. The first-order chi connectivity index (χ1) is 11.1. The number of methoxy groups -OCH3 is 2. The summed E-state index contributed by atoms with van der Waals surface area (Å²) in [6.45, 7) is 5.68. The van der Waals surface area contributed by atoms with Gasteiger partial charge in [-0.2, -0.15) is 0 Å². The van der Waals surface area contributed by atoms with Gasteiger partial charge in [-0.05, 0) is 12.5 Å². The van der Waals surface area contributed by atoms with Gasteiger partial charge in [-0.1, -0.05) is 13.3 Å². The van der Waals surface area contributed by atoms with Gasteiger partial charge in [0.15, 0.2) is 11.5 Å². The Labute approximate surface area is 161 Å². The molecule has 1 N–H and O–H groups in total. The number of rotatable bonds is 7. The molecule has 1 saturated heterocycles. The molecule has 2 rings (SSSR count). The Kier molecular flexibility index (Phi) is 10.8. The van der Waals surface area contributed by atoms with E-state index in [1.165, 1.54) is 13.2 Å². The molecule has 0 saturated carbocycles. The van der Waals surface area contributed by atoms with Gasteiger partial charge >= 0.3 is 0 Å². The van der Waals surface area contributed by atoms with Crippen LogP contribution in [0.1, 0.15) is 31.4 Å². The second-order valence-corrected chi connectivity index (χ2v) is 5.61. The van der Waals surface area contributed by atoms with Crippen LogP contribution in [0.3, 0.4) is 0 Å².